The average molecular weight is 295 g/mol. The van der Waals surface area contributed by atoms with Crippen molar-refractivity contribution < 1.29 is 4.79 Å². The summed E-state index contributed by atoms with van der Waals surface area (Å²) in [7, 11) is 0. The van der Waals surface area contributed by atoms with Crippen molar-refractivity contribution in [2.75, 3.05) is 19.6 Å². The summed E-state index contributed by atoms with van der Waals surface area (Å²) in [4.78, 5) is 11.7. The van der Waals surface area contributed by atoms with Gasteiger partial charge in [-0.3, -0.25) is 4.79 Å². The predicted octanol–water partition coefficient (Wildman–Crippen LogP) is 2.78. The van der Waals surface area contributed by atoms with Gasteiger partial charge in [0.15, 0.2) is 0 Å². The maximum Gasteiger partial charge on any atom is 0.220 e. The average Bonchev–Trinajstić information content (AvgIpc) is 2.96. The van der Waals surface area contributed by atoms with Gasteiger partial charge in [-0.1, -0.05) is 23.7 Å². The molecule has 1 aliphatic heterocycles. The molecule has 1 unspecified atom stereocenters. The Bertz CT molecular complexity index is 413. The number of hydrogen-bond donors (Lipinski definition) is 2. The number of carbonyl (C=O) groups is 1. The molecule has 1 fully saturated rings. The molecule has 0 bridgehead atoms. The molecule has 3 nitrogen and oxygen atoms in total. The van der Waals surface area contributed by atoms with Crippen molar-refractivity contribution in [1.29, 1.82) is 0 Å². The lowest BCUT2D eigenvalue weighted by molar-refractivity contribution is -0.121. The first-order valence-electron chi connectivity index (χ1n) is 7.46. The number of benzene rings is 1. The van der Waals surface area contributed by atoms with Crippen LogP contribution in [0.3, 0.4) is 0 Å². The molecule has 1 heterocycles. The molecule has 0 aromatic heterocycles. The Kier molecular flexibility index (Phi) is 6.34. The van der Waals surface area contributed by atoms with Crippen molar-refractivity contribution in [2.24, 2.45) is 5.92 Å². The van der Waals surface area contributed by atoms with Gasteiger partial charge in [-0.05, 0) is 62.4 Å². The van der Waals surface area contributed by atoms with Crippen molar-refractivity contribution in [3.8, 4) is 0 Å². The van der Waals surface area contributed by atoms with E-state index in [1.807, 2.05) is 24.3 Å². The zero-order valence-corrected chi connectivity index (χ0v) is 12.6. The molecule has 1 atom stereocenters. The van der Waals surface area contributed by atoms with Gasteiger partial charge in [0.1, 0.15) is 0 Å². The van der Waals surface area contributed by atoms with E-state index in [0.29, 0.717) is 12.3 Å². The van der Waals surface area contributed by atoms with Gasteiger partial charge in [0.25, 0.3) is 0 Å². The number of carbonyl (C=O) groups excluding carboxylic acids is 1. The summed E-state index contributed by atoms with van der Waals surface area (Å²) in [6.45, 7) is 2.93. The first-order valence-corrected chi connectivity index (χ1v) is 7.83. The second-order valence-corrected chi connectivity index (χ2v) is 5.91. The van der Waals surface area contributed by atoms with E-state index in [1.54, 1.807) is 0 Å². The van der Waals surface area contributed by atoms with Crippen molar-refractivity contribution in [3.05, 3.63) is 34.9 Å². The Morgan fingerprint density at radius 1 is 1.35 bits per heavy atom. The van der Waals surface area contributed by atoms with Gasteiger partial charge >= 0.3 is 0 Å². The fraction of sp³-hybridized carbons (Fsp3) is 0.562. The van der Waals surface area contributed by atoms with Crippen LogP contribution < -0.4 is 10.6 Å². The van der Waals surface area contributed by atoms with Gasteiger partial charge in [0.05, 0.1) is 0 Å². The van der Waals surface area contributed by atoms with Gasteiger partial charge in [0, 0.05) is 18.0 Å². The first kappa shape index (κ1) is 15.3. The fourth-order valence-corrected chi connectivity index (χ4v) is 2.68. The highest BCUT2D eigenvalue weighted by atomic mass is 35.5. The third kappa shape index (κ3) is 5.51. The number of aryl methyl sites for hydroxylation is 1. The summed E-state index contributed by atoms with van der Waals surface area (Å²) < 4.78 is 0. The van der Waals surface area contributed by atoms with Crippen LogP contribution in [0.4, 0.5) is 0 Å². The van der Waals surface area contributed by atoms with E-state index in [4.69, 9.17) is 11.6 Å². The Labute approximate surface area is 126 Å². The smallest absolute Gasteiger partial charge is 0.220 e. The predicted molar refractivity (Wildman–Crippen MR) is 83.0 cm³/mol. The molecule has 1 saturated heterocycles. The SMILES string of the molecule is O=C(CCC1CCNC1)NCCCc1ccc(Cl)cc1. The van der Waals surface area contributed by atoms with E-state index in [0.717, 1.165) is 43.9 Å². The molecule has 2 N–H and O–H groups in total. The molecule has 0 spiro atoms. The number of halogens is 1. The summed E-state index contributed by atoms with van der Waals surface area (Å²) in [6, 6.07) is 7.89. The maximum atomic E-state index is 11.7. The minimum atomic E-state index is 0.188. The molecule has 0 aliphatic carbocycles. The second kappa shape index (κ2) is 8.28. The number of amides is 1. The third-order valence-corrected chi connectivity index (χ3v) is 4.07. The van der Waals surface area contributed by atoms with E-state index in [2.05, 4.69) is 10.6 Å². The van der Waals surface area contributed by atoms with Gasteiger partial charge in [-0.2, -0.15) is 0 Å². The van der Waals surface area contributed by atoms with Gasteiger partial charge in [-0.15, -0.1) is 0 Å². The molecule has 110 valence electrons. The second-order valence-electron chi connectivity index (χ2n) is 5.48. The summed E-state index contributed by atoms with van der Waals surface area (Å²) in [5.74, 6) is 0.878. The topological polar surface area (TPSA) is 41.1 Å². The summed E-state index contributed by atoms with van der Waals surface area (Å²) in [5.41, 5.74) is 1.26. The Morgan fingerprint density at radius 2 is 2.15 bits per heavy atom. The van der Waals surface area contributed by atoms with Gasteiger partial charge in [-0.25, -0.2) is 0 Å². The van der Waals surface area contributed by atoms with Crippen molar-refractivity contribution in [1.82, 2.24) is 10.6 Å². The lowest BCUT2D eigenvalue weighted by Crippen LogP contribution is -2.25. The van der Waals surface area contributed by atoms with Crippen molar-refractivity contribution in [3.63, 3.8) is 0 Å². The van der Waals surface area contributed by atoms with Crippen LogP contribution in [-0.4, -0.2) is 25.5 Å². The minimum absolute atomic E-state index is 0.188. The van der Waals surface area contributed by atoms with E-state index < -0.39 is 0 Å². The third-order valence-electron chi connectivity index (χ3n) is 3.82. The summed E-state index contributed by atoms with van der Waals surface area (Å²) in [6.07, 6.45) is 4.83. The fourth-order valence-electron chi connectivity index (χ4n) is 2.56. The Balaban J connectivity index is 1.53. The van der Waals surface area contributed by atoms with E-state index in [9.17, 15) is 4.79 Å². The zero-order valence-electron chi connectivity index (χ0n) is 11.8. The van der Waals surface area contributed by atoms with E-state index in [1.165, 1.54) is 12.0 Å². The van der Waals surface area contributed by atoms with Crippen LogP contribution in [0.1, 0.15) is 31.2 Å². The molecule has 1 aromatic rings. The highest BCUT2D eigenvalue weighted by molar-refractivity contribution is 6.30. The molecule has 20 heavy (non-hydrogen) atoms. The van der Waals surface area contributed by atoms with Crippen molar-refractivity contribution >= 4 is 17.5 Å². The van der Waals surface area contributed by atoms with Crippen LogP contribution in [0.5, 0.6) is 0 Å². The first-order chi connectivity index (χ1) is 9.74. The number of nitrogens with one attached hydrogen (secondary N) is 2. The standard InChI is InChI=1S/C16H23ClN2O/c17-15-6-3-13(4-7-15)2-1-10-19-16(20)8-5-14-9-11-18-12-14/h3-4,6-7,14,18H,1-2,5,8-12H2,(H,19,20). The molecular formula is C16H23ClN2O. The molecule has 2 rings (SSSR count). The molecule has 1 aromatic carbocycles. The molecule has 0 radical (unpaired) electrons. The Morgan fingerprint density at radius 3 is 2.85 bits per heavy atom. The zero-order chi connectivity index (χ0) is 14.2. The number of rotatable bonds is 7. The monoisotopic (exact) mass is 294 g/mol. The Hall–Kier alpha value is -1.06. The van der Waals surface area contributed by atoms with Crippen molar-refractivity contribution in [2.45, 2.75) is 32.1 Å². The van der Waals surface area contributed by atoms with Crippen LogP contribution in [-0.2, 0) is 11.2 Å². The molecule has 4 heteroatoms. The van der Waals surface area contributed by atoms with Crippen LogP contribution >= 0.6 is 11.6 Å². The van der Waals surface area contributed by atoms with Crippen LogP contribution in [0, 0.1) is 5.92 Å². The quantitative estimate of drug-likeness (QED) is 0.759. The normalized spacial score (nSPS) is 18.1. The molecule has 1 aliphatic rings. The highest BCUT2D eigenvalue weighted by Gasteiger charge is 2.15. The maximum absolute atomic E-state index is 11.7. The molecule has 0 saturated carbocycles. The van der Waals surface area contributed by atoms with E-state index in [-0.39, 0.29) is 5.91 Å². The van der Waals surface area contributed by atoms with Crippen LogP contribution in [0.15, 0.2) is 24.3 Å². The lowest BCUT2D eigenvalue weighted by Gasteiger charge is -2.08. The molecular weight excluding hydrogens is 272 g/mol. The lowest BCUT2D eigenvalue weighted by atomic mass is 10.0. The van der Waals surface area contributed by atoms with Gasteiger partial charge in [0.2, 0.25) is 5.91 Å². The molecule has 1 amide bonds. The number of hydrogen-bond acceptors (Lipinski definition) is 2. The van der Waals surface area contributed by atoms with Crippen LogP contribution in [0.25, 0.3) is 0 Å². The minimum Gasteiger partial charge on any atom is -0.356 e. The van der Waals surface area contributed by atoms with Gasteiger partial charge < -0.3 is 10.6 Å². The summed E-state index contributed by atoms with van der Waals surface area (Å²) >= 11 is 5.84. The summed E-state index contributed by atoms with van der Waals surface area (Å²) in [5, 5.41) is 7.10. The van der Waals surface area contributed by atoms with Crippen LogP contribution in [0.2, 0.25) is 5.02 Å². The highest BCUT2D eigenvalue weighted by Crippen LogP contribution is 2.14. The largest absolute Gasteiger partial charge is 0.356 e. The van der Waals surface area contributed by atoms with E-state index >= 15 is 0 Å².